The molecule has 1 aliphatic rings. The van der Waals surface area contributed by atoms with Crippen LogP contribution < -0.4 is 10.6 Å². The Kier molecular flexibility index (Phi) is 6.08. The predicted octanol–water partition coefficient (Wildman–Crippen LogP) is 2.46. The average Bonchev–Trinajstić information content (AvgIpc) is 3.38. The molecule has 1 atom stereocenters. The summed E-state index contributed by atoms with van der Waals surface area (Å²) in [6.45, 7) is 1.90. The van der Waals surface area contributed by atoms with Crippen molar-refractivity contribution in [3.8, 4) is 22.7 Å². The van der Waals surface area contributed by atoms with Crippen LogP contribution in [0.25, 0.3) is 22.7 Å². The van der Waals surface area contributed by atoms with Crippen molar-refractivity contribution in [3.63, 3.8) is 0 Å². The number of aromatic nitrogens is 3. The van der Waals surface area contributed by atoms with Gasteiger partial charge < -0.3 is 19.6 Å². The van der Waals surface area contributed by atoms with E-state index in [2.05, 4.69) is 15.2 Å². The quantitative estimate of drug-likeness (QED) is 0.549. The minimum absolute atomic E-state index is 0.0841. The van der Waals surface area contributed by atoms with Gasteiger partial charge in [0.2, 0.25) is 5.89 Å². The molecule has 1 aromatic carbocycles. The zero-order valence-corrected chi connectivity index (χ0v) is 17.2. The summed E-state index contributed by atoms with van der Waals surface area (Å²) in [6.07, 6.45) is 0.305. The van der Waals surface area contributed by atoms with E-state index in [1.54, 1.807) is 31.2 Å². The maximum absolute atomic E-state index is 14.9. The molecule has 1 fully saturated rings. The molecular formula is C21H20FN5O5. The van der Waals surface area contributed by atoms with Crippen LogP contribution in [0.3, 0.4) is 0 Å². The van der Waals surface area contributed by atoms with E-state index in [0.29, 0.717) is 28.4 Å². The minimum atomic E-state index is -0.642. The third-order valence-electron chi connectivity index (χ3n) is 4.74. The van der Waals surface area contributed by atoms with Crippen LogP contribution >= 0.6 is 0 Å². The van der Waals surface area contributed by atoms with Crippen LogP contribution in [0.5, 0.6) is 0 Å². The lowest BCUT2D eigenvalue weighted by Gasteiger charge is -2.14. The second-order valence-electron chi connectivity index (χ2n) is 7.06. The summed E-state index contributed by atoms with van der Waals surface area (Å²) in [7, 11) is 0. The number of carbonyl (C=O) groups is 2. The molecule has 10 nitrogen and oxygen atoms in total. The van der Waals surface area contributed by atoms with Crippen LogP contribution in [0.4, 0.5) is 14.9 Å². The molecule has 0 unspecified atom stereocenters. The number of rotatable bonds is 7. The first-order chi connectivity index (χ1) is 15.4. The Morgan fingerprint density at radius 1 is 1.31 bits per heavy atom. The monoisotopic (exact) mass is 441 g/mol. The van der Waals surface area contributed by atoms with Gasteiger partial charge in [0.05, 0.1) is 18.7 Å². The lowest BCUT2D eigenvalue weighted by Crippen LogP contribution is -2.27. The number of hydrogen-bond acceptors (Lipinski definition) is 9. The fraction of sp³-hybridized carbons (Fsp3) is 0.286. The van der Waals surface area contributed by atoms with Crippen molar-refractivity contribution >= 4 is 17.7 Å². The number of pyridine rings is 1. The van der Waals surface area contributed by atoms with E-state index >= 15 is 0 Å². The number of nitrogens with zero attached hydrogens (tertiary/aromatic N) is 4. The Bertz CT molecular complexity index is 1130. The molecule has 3 heterocycles. The Morgan fingerprint density at radius 3 is 2.81 bits per heavy atom. The Labute approximate surface area is 182 Å². The van der Waals surface area contributed by atoms with Crippen LogP contribution in [-0.2, 0) is 14.3 Å². The van der Waals surface area contributed by atoms with Crippen LogP contribution in [0.1, 0.15) is 12.3 Å². The molecule has 0 saturated carbocycles. The van der Waals surface area contributed by atoms with Crippen LogP contribution in [0, 0.1) is 12.7 Å². The van der Waals surface area contributed by atoms with E-state index < -0.39 is 24.0 Å². The number of ether oxygens (including phenoxy) is 2. The number of cyclic esters (lactones) is 1. The van der Waals surface area contributed by atoms with Gasteiger partial charge in [0.25, 0.3) is 5.89 Å². The molecule has 11 heteroatoms. The summed E-state index contributed by atoms with van der Waals surface area (Å²) in [6, 6.07) is 7.76. The number of halogens is 1. The van der Waals surface area contributed by atoms with E-state index in [0.717, 1.165) is 0 Å². The molecule has 32 heavy (non-hydrogen) atoms. The largest absolute Gasteiger partial charge is 0.462 e. The molecule has 0 spiro atoms. The van der Waals surface area contributed by atoms with Gasteiger partial charge in [0, 0.05) is 30.8 Å². The van der Waals surface area contributed by atoms with Gasteiger partial charge in [-0.1, -0.05) is 6.07 Å². The number of carbonyl (C=O) groups excluding carboxylic acids is 2. The first-order valence-electron chi connectivity index (χ1n) is 9.85. The number of amides is 1. The normalized spacial score (nSPS) is 15.7. The van der Waals surface area contributed by atoms with Gasteiger partial charge in [-0.25, -0.2) is 9.18 Å². The van der Waals surface area contributed by atoms with Crippen molar-refractivity contribution in [3.05, 3.63) is 48.2 Å². The van der Waals surface area contributed by atoms with Crippen molar-refractivity contribution in [2.24, 2.45) is 5.73 Å². The van der Waals surface area contributed by atoms with E-state index in [9.17, 15) is 14.0 Å². The van der Waals surface area contributed by atoms with Gasteiger partial charge in [-0.2, -0.15) is 0 Å². The van der Waals surface area contributed by atoms with Crippen molar-refractivity contribution < 1.29 is 27.9 Å². The number of benzene rings is 1. The number of aryl methyl sites for hydroxylation is 1. The van der Waals surface area contributed by atoms with Gasteiger partial charge in [0.1, 0.15) is 18.1 Å². The average molecular weight is 441 g/mol. The maximum atomic E-state index is 14.9. The molecule has 3 aromatic rings. The van der Waals surface area contributed by atoms with Gasteiger partial charge in [-0.05, 0) is 24.3 Å². The number of hydrogen-bond donors (Lipinski definition) is 1. The third kappa shape index (κ3) is 4.57. The number of esters is 1. The predicted molar refractivity (Wildman–Crippen MR) is 110 cm³/mol. The van der Waals surface area contributed by atoms with Gasteiger partial charge in [-0.15, -0.1) is 10.2 Å². The number of anilines is 1. The molecular weight excluding hydrogens is 421 g/mol. The van der Waals surface area contributed by atoms with Crippen molar-refractivity contribution in [1.29, 1.82) is 0 Å². The van der Waals surface area contributed by atoms with Gasteiger partial charge in [0.15, 0.2) is 6.10 Å². The second-order valence-corrected chi connectivity index (χ2v) is 7.06. The summed E-state index contributed by atoms with van der Waals surface area (Å²) in [4.78, 5) is 29.2. The fourth-order valence-corrected chi connectivity index (χ4v) is 3.18. The molecule has 4 rings (SSSR count). The van der Waals surface area contributed by atoms with Crippen LogP contribution in [0.15, 0.2) is 40.9 Å². The summed E-state index contributed by atoms with van der Waals surface area (Å²) < 4.78 is 30.4. The Balaban J connectivity index is 1.45. The summed E-state index contributed by atoms with van der Waals surface area (Å²) in [5, 5.41) is 7.66. The highest BCUT2D eigenvalue weighted by atomic mass is 19.1. The molecule has 1 amide bonds. The summed E-state index contributed by atoms with van der Waals surface area (Å²) in [5.74, 6) is -0.299. The first kappa shape index (κ1) is 21.4. The van der Waals surface area contributed by atoms with E-state index in [1.807, 2.05) is 0 Å². The highest BCUT2D eigenvalue weighted by Gasteiger charge is 2.33. The molecule has 0 aliphatic carbocycles. The molecule has 2 aromatic heterocycles. The van der Waals surface area contributed by atoms with Gasteiger partial charge >= 0.3 is 12.1 Å². The SMILES string of the molecule is Cc1nnc(-c2ccc(-c3ccc(N4C[C@H](COC(=O)CCN)OC4=O)cc3F)cn2)o1. The van der Waals surface area contributed by atoms with Gasteiger partial charge in [-0.3, -0.25) is 14.7 Å². The third-order valence-corrected chi connectivity index (χ3v) is 4.74. The molecule has 0 bridgehead atoms. The minimum Gasteiger partial charge on any atom is -0.462 e. The molecule has 1 saturated heterocycles. The topological polar surface area (TPSA) is 134 Å². The lowest BCUT2D eigenvalue weighted by molar-refractivity contribution is -0.145. The first-order valence-corrected chi connectivity index (χ1v) is 9.85. The van der Waals surface area contributed by atoms with Crippen molar-refractivity contribution in [2.45, 2.75) is 19.4 Å². The smallest absolute Gasteiger partial charge is 0.414 e. The summed E-state index contributed by atoms with van der Waals surface area (Å²) in [5.41, 5.74) is 6.96. The highest BCUT2D eigenvalue weighted by molar-refractivity contribution is 5.90. The molecule has 1 aliphatic heterocycles. The maximum Gasteiger partial charge on any atom is 0.414 e. The standard InChI is InChI=1S/C21H20FN5O5/c1-12-25-26-20(31-12)18-5-2-13(9-24-18)16-4-3-14(8-17(16)22)27-10-15(32-21(27)29)11-30-19(28)6-7-23/h2-5,8-9,15H,6-7,10-11,23H2,1H3/t15-/m1/s1. The Morgan fingerprint density at radius 2 is 2.16 bits per heavy atom. The zero-order valence-electron chi connectivity index (χ0n) is 17.2. The van der Waals surface area contributed by atoms with Crippen LogP contribution in [-0.4, -0.2) is 53.0 Å². The Hall–Kier alpha value is -3.86. The van der Waals surface area contributed by atoms with E-state index in [1.165, 1.54) is 17.2 Å². The van der Waals surface area contributed by atoms with Crippen molar-refractivity contribution in [2.75, 3.05) is 24.6 Å². The van der Waals surface area contributed by atoms with Crippen molar-refractivity contribution in [1.82, 2.24) is 15.2 Å². The van der Waals surface area contributed by atoms with Crippen LogP contribution in [0.2, 0.25) is 0 Å². The zero-order chi connectivity index (χ0) is 22.7. The molecule has 0 radical (unpaired) electrons. The highest BCUT2D eigenvalue weighted by Crippen LogP contribution is 2.29. The molecule has 166 valence electrons. The lowest BCUT2D eigenvalue weighted by atomic mass is 10.1. The van der Waals surface area contributed by atoms with E-state index in [-0.39, 0.29) is 32.0 Å². The fourth-order valence-electron chi connectivity index (χ4n) is 3.18. The summed E-state index contributed by atoms with van der Waals surface area (Å²) >= 11 is 0. The molecule has 2 N–H and O–H groups in total. The number of nitrogens with two attached hydrogens (primary N) is 1. The van der Waals surface area contributed by atoms with E-state index in [4.69, 9.17) is 19.6 Å². The second kappa shape index (κ2) is 9.10.